The van der Waals surface area contributed by atoms with Crippen LogP contribution >= 0.6 is 0 Å². The van der Waals surface area contributed by atoms with E-state index in [9.17, 15) is 0 Å². The lowest BCUT2D eigenvalue weighted by Gasteiger charge is -2.21. The molecule has 1 aliphatic rings. The second kappa shape index (κ2) is 7.27. The van der Waals surface area contributed by atoms with Crippen LogP contribution in [0.1, 0.15) is 65.7 Å². The highest BCUT2D eigenvalue weighted by Gasteiger charge is 2.22. The third-order valence-electron chi connectivity index (χ3n) is 3.62. The molecule has 0 heterocycles. The summed E-state index contributed by atoms with van der Waals surface area (Å²) in [5.41, 5.74) is 0. The topological polar surface area (TPSA) is 12.0 Å². The Labute approximate surface area is 96.0 Å². The van der Waals surface area contributed by atoms with Crippen LogP contribution in [-0.2, 0) is 0 Å². The minimum Gasteiger partial charge on any atom is -0.314 e. The van der Waals surface area contributed by atoms with Crippen molar-refractivity contribution >= 4 is 0 Å². The summed E-state index contributed by atoms with van der Waals surface area (Å²) in [6.45, 7) is 8.29. The lowest BCUT2D eigenvalue weighted by molar-refractivity contribution is 0.328. The van der Waals surface area contributed by atoms with Crippen LogP contribution in [0, 0.1) is 11.8 Å². The molecular formula is C14H29N. The maximum Gasteiger partial charge on any atom is 0.00683 e. The standard InChI is InChI=1S/C14H29N/c1-4-5-6-7-8-13(12(2)3)11-15-14-9-10-14/h12-15H,4-11H2,1-3H3. The highest BCUT2D eigenvalue weighted by atomic mass is 14.9. The summed E-state index contributed by atoms with van der Waals surface area (Å²) in [5.74, 6) is 1.75. The first-order chi connectivity index (χ1) is 7.24. The van der Waals surface area contributed by atoms with Gasteiger partial charge in [0, 0.05) is 6.04 Å². The summed E-state index contributed by atoms with van der Waals surface area (Å²) in [7, 11) is 0. The van der Waals surface area contributed by atoms with Gasteiger partial charge in [-0.1, -0.05) is 46.5 Å². The molecule has 0 radical (unpaired) electrons. The van der Waals surface area contributed by atoms with E-state index in [1.807, 2.05) is 0 Å². The highest BCUT2D eigenvalue weighted by molar-refractivity contribution is 4.82. The molecular weight excluding hydrogens is 182 g/mol. The van der Waals surface area contributed by atoms with Gasteiger partial charge in [0.2, 0.25) is 0 Å². The fourth-order valence-electron chi connectivity index (χ4n) is 2.11. The Morgan fingerprint density at radius 2 is 1.87 bits per heavy atom. The summed E-state index contributed by atoms with van der Waals surface area (Å²) in [6.07, 6.45) is 9.90. The molecule has 0 spiro atoms. The number of rotatable bonds is 9. The molecule has 1 heteroatoms. The van der Waals surface area contributed by atoms with Gasteiger partial charge in [0.05, 0.1) is 0 Å². The molecule has 90 valence electrons. The normalized spacial score (nSPS) is 18.4. The van der Waals surface area contributed by atoms with Crippen molar-refractivity contribution in [3.8, 4) is 0 Å². The molecule has 1 saturated carbocycles. The van der Waals surface area contributed by atoms with E-state index >= 15 is 0 Å². The molecule has 0 aromatic carbocycles. The summed E-state index contributed by atoms with van der Waals surface area (Å²) >= 11 is 0. The van der Waals surface area contributed by atoms with Gasteiger partial charge in [0.1, 0.15) is 0 Å². The molecule has 1 atom stereocenters. The molecule has 1 rings (SSSR count). The molecule has 1 fully saturated rings. The first kappa shape index (κ1) is 13.0. The Bertz CT molecular complexity index is 149. The van der Waals surface area contributed by atoms with Crippen molar-refractivity contribution in [2.45, 2.75) is 71.8 Å². The van der Waals surface area contributed by atoms with Gasteiger partial charge in [-0.25, -0.2) is 0 Å². The van der Waals surface area contributed by atoms with E-state index in [1.165, 1.54) is 51.5 Å². The van der Waals surface area contributed by atoms with Gasteiger partial charge < -0.3 is 5.32 Å². The van der Waals surface area contributed by atoms with E-state index in [4.69, 9.17) is 0 Å². The third-order valence-corrected chi connectivity index (χ3v) is 3.62. The van der Waals surface area contributed by atoms with E-state index in [1.54, 1.807) is 0 Å². The van der Waals surface area contributed by atoms with E-state index in [0.717, 1.165) is 17.9 Å². The molecule has 1 nitrogen and oxygen atoms in total. The summed E-state index contributed by atoms with van der Waals surface area (Å²) in [4.78, 5) is 0. The molecule has 0 bridgehead atoms. The minimum atomic E-state index is 0.845. The smallest absolute Gasteiger partial charge is 0.00683 e. The van der Waals surface area contributed by atoms with Crippen molar-refractivity contribution in [2.75, 3.05) is 6.54 Å². The fourth-order valence-corrected chi connectivity index (χ4v) is 2.11. The Morgan fingerprint density at radius 1 is 1.13 bits per heavy atom. The van der Waals surface area contributed by atoms with Crippen LogP contribution in [0.4, 0.5) is 0 Å². The lowest BCUT2D eigenvalue weighted by atomic mass is 9.90. The van der Waals surface area contributed by atoms with Crippen molar-refractivity contribution in [1.82, 2.24) is 5.32 Å². The van der Waals surface area contributed by atoms with Crippen LogP contribution in [0.15, 0.2) is 0 Å². The first-order valence-corrected chi connectivity index (χ1v) is 6.97. The maximum atomic E-state index is 3.68. The van der Waals surface area contributed by atoms with Crippen LogP contribution in [0.25, 0.3) is 0 Å². The zero-order valence-electron chi connectivity index (χ0n) is 10.9. The quantitative estimate of drug-likeness (QED) is 0.569. The van der Waals surface area contributed by atoms with Gasteiger partial charge in [0.15, 0.2) is 0 Å². The Hall–Kier alpha value is -0.0400. The van der Waals surface area contributed by atoms with E-state index in [-0.39, 0.29) is 0 Å². The fraction of sp³-hybridized carbons (Fsp3) is 1.00. The zero-order chi connectivity index (χ0) is 11.1. The van der Waals surface area contributed by atoms with Crippen LogP contribution in [-0.4, -0.2) is 12.6 Å². The third kappa shape index (κ3) is 6.19. The Morgan fingerprint density at radius 3 is 2.40 bits per heavy atom. The molecule has 0 aliphatic heterocycles. The molecule has 0 amide bonds. The van der Waals surface area contributed by atoms with Crippen LogP contribution < -0.4 is 5.32 Å². The number of unbranched alkanes of at least 4 members (excludes halogenated alkanes) is 3. The van der Waals surface area contributed by atoms with Crippen molar-refractivity contribution in [2.24, 2.45) is 11.8 Å². The van der Waals surface area contributed by atoms with Crippen molar-refractivity contribution in [1.29, 1.82) is 0 Å². The second-order valence-electron chi connectivity index (χ2n) is 5.54. The van der Waals surface area contributed by atoms with Crippen molar-refractivity contribution < 1.29 is 0 Å². The van der Waals surface area contributed by atoms with Gasteiger partial charge >= 0.3 is 0 Å². The van der Waals surface area contributed by atoms with Gasteiger partial charge in [-0.05, 0) is 37.6 Å². The van der Waals surface area contributed by atoms with Gasteiger partial charge in [-0.2, -0.15) is 0 Å². The molecule has 1 unspecified atom stereocenters. The van der Waals surface area contributed by atoms with Gasteiger partial charge in [0.25, 0.3) is 0 Å². The molecule has 15 heavy (non-hydrogen) atoms. The van der Waals surface area contributed by atoms with Gasteiger partial charge in [-0.15, -0.1) is 0 Å². The van der Waals surface area contributed by atoms with Crippen molar-refractivity contribution in [3.05, 3.63) is 0 Å². The molecule has 0 aromatic rings. The monoisotopic (exact) mass is 211 g/mol. The Balaban J connectivity index is 2.05. The predicted octanol–water partition coefficient (Wildman–Crippen LogP) is 3.98. The largest absolute Gasteiger partial charge is 0.314 e. The number of hydrogen-bond acceptors (Lipinski definition) is 1. The second-order valence-corrected chi connectivity index (χ2v) is 5.54. The molecule has 1 aliphatic carbocycles. The minimum absolute atomic E-state index is 0.845. The average molecular weight is 211 g/mol. The Kier molecular flexibility index (Phi) is 6.31. The highest BCUT2D eigenvalue weighted by Crippen LogP contribution is 2.22. The lowest BCUT2D eigenvalue weighted by Crippen LogP contribution is -2.27. The SMILES string of the molecule is CCCCCCC(CNC1CC1)C(C)C. The van der Waals surface area contributed by atoms with Gasteiger partial charge in [-0.3, -0.25) is 0 Å². The summed E-state index contributed by atoms with van der Waals surface area (Å²) in [6, 6.07) is 0.877. The zero-order valence-corrected chi connectivity index (χ0v) is 10.9. The van der Waals surface area contributed by atoms with Crippen LogP contribution in [0.5, 0.6) is 0 Å². The summed E-state index contributed by atoms with van der Waals surface area (Å²) < 4.78 is 0. The van der Waals surface area contributed by atoms with Crippen LogP contribution in [0.3, 0.4) is 0 Å². The number of nitrogens with one attached hydrogen (secondary N) is 1. The molecule has 0 aromatic heterocycles. The van der Waals surface area contributed by atoms with E-state index in [0.29, 0.717) is 0 Å². The van der Waals surface area contributed by atoms with Crippen LogP contribution in [0.2, 0.25) is 0 Å². The molecule has 1 N–H and O–H groups in total. The summed E-state index contributed by atoms with van der Waals surface area (Å²) in [5, 5.41) is 3.68. The predicted molar refractivity (Wildman–Crippen MR) is 68.1 cm³/mol. The number of hydrogen-bond donors (Lipinski definition) is 1. The van der Waals surface area contributed by atoms with Crippen molar-refractivity contribution in [3.63, 3.8) is 0 Å². The first-order valence-electron chi connectivity index (χ1n) is 6.97. The average Bonchev–Trinajstić information content (AvgIpc) is 3.00. The maximum absolute atomic E-state index is 3.68. The molecule has 0 saturated heterocycles. The van der Waals surface area contributed by atoms with E-state index in [2.05, 4.69) is 26.1 Å². The van der Waals surface area contributed by atoms with E-state index < -0.39 is 0 Å².